The van der Waals surface area contributed by atoms with Crippen molar-refractivity contribution in [1.29, 1.82) is 0 Å². The molecular formula is C16H30N2O. The van der Waals surface area contributed by atoms with E-state index in [1.54, 1.807) is 0 Å². The number of carbonyl (C=O) groups is 1. The summed E-state index contributed by atoms with van der Waals surface area (Å²) in [6.07, 6.45) is 10.5. The molecule has 3 N–H and O–H groups in total. The van der Waals surface area contributed by atoms with Crippen LogP contribution in [-0.4, -0.2) is 18.5 Å². The standard InChI is InChI=1S/C16H30N2O/c1-12-5-7-13(8-6-12)11-18-16(19)10-14-3-2-4-15(17)9-14/h12-15H,2-11,17H2,1H3,(H,18,19). The van der Waals surface area contributed by atoms with E-state index >= 15 is 0 Å². The van der Waals surface area contributed by atoms with Crippen LogP contribution in [0.5, 0.6) is 0 Å². The molecule has 0 heterocycles. The maximum atomic E-state index is 12.0. The molecule has 0 aromatic rings. The Hall–Kier alpha value is -0.570. The summed E-state index contributed by atoms with van der Waals surface area (Å²) in [5.41, 5.74) is 5.97. The fourth-order valence-corrected chi connectivity index (χ4v) is 3.64. The Bertz CT molecular complexity index is 284. The van der Waals surface area contributed by atoms with Crippen LogP contribution in [0, 0.1) is 17.8 Å². The molecule has 110 valence electrons. The van der Waals surface area contributed by atoms with E-state index < -0.39 is 0 Å². The Morgan fingerprint density at radius 2 is 1.84 bits per heavy atom. The second kappa shape index (κ2) is 7.28. The number of hydrogen-bond donors (Lipinski definition) is 2. The van der Waals surface area contributed by atoms with E-state index in [-0.39, 0.29) is 5.91 Å². The smallest absolute Gasteiger partial charge is 0.220 e. The van der Waals surface area contributed by atoms with Crippen molar-refractivity contribution in [2.24, 2.45) is 23.5 Å². The molecule has 0 aromatic carbocycles. The largest absolute Gasteiger partial charge is 0.356 e. The summed E-state index contributed by atoms with van der Waals surface area (Å²) in [6, 6.07) is 0.325. The number of amides is 1. The lowest BCUT2D eigenvalue weighted by atomic mass is 9.82. The third-order valence-electron chi connectivity index (χ3n) is 5.02. The summed E-state index contributed by atoms with van der Waals surface area (Å²) in [7, 11) is 0. The Balaban J connectivity index is 1.61. The van der Waals surface area contributed by atoms with Crippen LogP contribution in [0.2, 0.25) is 0 Å². The van der Waals surface area contributed by atoms with E-state index in [0.29, 0.717) is 24.3 Å². The average Bonchev–Trinajstić information content (AvgIpc) is 2.38. The van der Waals surface area contributed by atoms with Crippen LogP contribution in [0.4, 0.5) is 0 Å². The summed E-state index contributed by atoms with van der Waals surface area (Å²) >= 11 is 0. The molecule has 2 rings (SSSR count). The molecule has 0 radical (unpaired) electrons. The topological polar surface area (TPSA) is 55.1 Å². The molecule has 0 bridgehead atoms. The first-order valence-electron chi connectivity index (χ1n) is 8.15. The summed E-state index contributed by atoms with van der Waals surface area (Å²) in [4.78, 5) is 12.0. The van der Waals surface area contributed by atoms with Crippen molar-refractivity contribution in [2.75, 3.05) is 6.54 Å². The highest BCUT2D eigenvalue weighted by Gasteiger charge is 2.22. The van der Waals surface area contributed by atoms with E-state index in [4.69, 9.17) is 5.73 Å². The number of rotatable bonds is 4. The van der Waals surface area contributed by atoms with Gasteiger partial charge in [0.25, 0.3) is 0 Å². The van der Waals surface area contributed by atoms with Crippen LogP contribution >= 0.6 is 0 Å². The Morgan fingerprint density at radius 3 is 2.53 bits per heavy atom. The van der Waals surface area contributed by atoms with Crippen molar-refractivity contribution < 1.29 is 4.79 Å². The molecule has 0 saturated heterocycles. The van der Waals surface area contributed by atoms with Crippen LogP contribution in [0.25, 0.3) is 0 Å². The number of carbonyl (C=O) groups excluding carboxylic acids is 1. The molecule has 2 unspecified atom stereocenters. The fraction of sp³-hybridized carbons (Fsp3) is 0.938. The molecule has 2 atom stereocenters. The van der Waals surface area contributed by atoms with Gasteiger partial charge in [-0.3, -0.25) is 4.79 Å². The Kier molecular flexibility index (Phi) is 5.68. The quantitative estimate of drug-likeness (QED) is 0.822. The normalized spacial score (nSPS) is 35.9. The van der Waals surface area contributed by atoms with Gasteiger partial charge in [0.05, 0.1) is 0 Å². The van der Waals surface area contributed by atoms with Gasteiger partial charge < -0.3 is 11.1 Å². The number of nitrogens with two attached hydrogens (primary N) is 1. The van der Waals surface area contributed by atoms with E-state index in [1.807, 2.05) is 0 Å². The van der Waals surface area contributed by atoms with Gasteiger partial charge in [-0.05, 0) is 49.9 Å². The van der Waals surface area contributed by atoms with Gasteiger partial charge in [-0.2, -0.15) is 0 Å². The zero-order valence-corrected chi connectivity index (χ0v) is 12.4. The van der Waals surface area contributed by atoms with Crippen molar-refractivity contribution in [1.82, 2.24) is 5.32 Å². The van der Waals surface area contributed by atoms with E-state index in [1.165, 1.54) is 38.5 Å². The lowest BCUT2D eigenvalue weighted by molar-refractivity contribution is -0.122. The lowest BCUT2D eigenvalue weighted by Crippen LogP contribution is -2.34. The van der Waals surface area contributed by atoms with Crippen LogP contribution < -0.4 is 11.1 Å². The van der Waals surface area contributed by atoms with Crippen molar-refractivity contribution in [2.45, 2.75) is 70.8 Å². The van der Waals surface area contributed by atoms with Gasteiger partial charge in [-0.25, -0.2) is 0 Å². The molecule has 2 aliphatic rings. The first-order valence-corrected chi connectivity index (χ1v) is 8.15. The molecule has 0 spiro atoms. The number of nitrogens with one attached hydrogen (secondary N) is 1. The van der Waals surface area contributed by atoms with Gasteiger partial charge in [0.15, 0.2) is 0 Å². The highest BCUT2D eigenvalue weighted by atomic mass is 16.1. The average molecular weight is 266 g/mol. The molecular weight excluding hydrogens is 236 g/mol. The Labute approximate surface area is 117 Å². The zero-order valence-electron chi connectivity index (χ0n) is 12.4. The van der Waals surface area contributed by atoms with E-state index in [2.05, 4.69) is 12.2 Å². The summed E-state index contributed by atoms with van der Waals surface area (Å²) in [5, 5.41) is 3.15. The highest BCUT2D eigenvalue weighted by molar-refractivity contribution is 5.76. The minimum absolute atomic E-state index is 0.248. The van der Waals surface area contributed by atoms with Gasteiger partial charge >= 0.3 is 0 Å². The predicted molar refractivity (Wildman–Crippen MR) is 78.7 cm³/mol. The minimum atomic E-state index is 0.248. The van der Waals surface area contributed by atoms with Crippen LogP contribution in [0.3, 0.4) is 0 Å². The second-order valence-corrected chi connectivity index (χ2v) is 6.93. The monoisotopic (exact) mass is 266 g/mol. The zero-order chi connectivity index (χ0) is 13.7. The first-order chi connectivity index (χ1) is 9.13. The predicted octanol–water partition coefficient (Wildman–Crippen LogP) is 2.84. The van der Waals surface area contributed by atoms with Crippen molar-refractivity contribution in [3.8, 4) is 0 Å². The second-order valence-electron chi connectivity index (χ2n) is 6.93. The molecule has 2 saturated carbocycles. The molecule has 0 aliphatic heterocycles. The van der Waals surface area contributed by atoms with Gasteiger partial charge in [0.2, 0.25) is 5.91 Å². The maximum Gasteiger partial charge on any atom is 0.220 e. The number of hydrogen-bond acceptors (Lipinski definition) is 2. The molecule has 3 heteroatoms. The Morgan fingerprint density at radius 1 is 1.11 bits per heavy atom. The summed E-state index contributed by atoms with van der Waals surface area (Å²) in [6.45, 7) is 3.23. The lowest BCUT2D eigenvalue weighted by Gasteiger charge is -2.28. The maximum absolute atomic E-state index is 12.0. The highest BCUT2D eigenvalue weighted by Crippen LogP contribution is 2.28. The third kappa shape index (κ3) is 5.13. The van der Waals surface area contributed by atoms with Gasteiger partial charge in [-0.15, -0.1) is 0 Å². The van der Waals surface area contributed by atoms with Crippen molar-refractivity contribution >= 4 is 5.91 Å². The molecule has 0 aromatic heterocycles. The van der Waals surface area contributed by atoms with E-state index in [9.17, 15) is 4.79 Å². The molecule has 19 heavy (non-hydrogen) atoms. The minimum Gasteiger partial charge on any atom is -0.356 e. The molecule has 3 nitrogen and oxygen atoms in total. The van der Waals surface area contributed by atoms with Crippen molar-refractivity contribution in [3.05, 3.63) is 0 Å². The first kappa shape index (κ1) is 14.8. The van der Waals surface area contributed by atoms with Crippen LogP contribution in [-0.2, 0) is 4.79 Å². The van der Waals surface area contributed by atoms with E-state index in [0.717, 1.165) is 25.3 Å². The molecule has 2 aliphatic carbocycles. The van der Waals surface area contributed by atoms with Gasteiger partial charge in [-0.1, -0.05) is 26.2 Å². The van der Waals surface area contributed by atoms with Gasteiger partial charge in [0.1, 0.15) is 0 Å². The van der Waals surface area contributed by atoms with Crippen LogP contribution in [0.15, 0.2) is 0 Å². The molecule has 1 amide bonds. The summed E-state index contributed by atoms with van der Waals surface area (Å²) < 4.78 is 0. The molecule has 2 fully saturated rings. The third-order valence-corrected chi connectivity index (χ3v) is 5.02. The van der Waals surface area contributed by atoms with Crippen LogP contribution in [0.1, 0.15) is 64.7 Å². The fourth-order valence-electron chi connectivity index (χ4n) is 3.64. The van der Waals surface area contributed by atoms with Gasteiger partial charge in [0, 0.05) is 19.0 Å². The summed E-state index contributed by atoms with van der Waals surface area (Å²) in [5.74, 6) is 2.37. The van der Waals surface area contributed by atoms with Crippen molar-refractivity contribution in [3.63, 3.8) is 0 Å². The SMILES string of the molecule is CC1CCC(CNC(=O)CC2CCCC(N)C2)CC1.